The lowest BCUT2D eigenvalue weighted by atomic mass is 9.88. The van der Waals surface area contributed by atoms with E-state index in [9.17, 15) is 18.6 Å². The smallest absolute Gasteiger partial charge is 0.446 e. The maximum absolute atomic E-state index is 10.8. The Kier molecular flexibility index (Phi) is 5.81. The largest absolute Gasteiger partial charge is 0.504 e. The summed E-state index contributed by atoms with van der Waals surface area (Å²) in [6, 6.07) is 20.7. The van der Waals surface area contributed by atoms with Gasteiger partial charge in [-0.05, 0) is 22.8 Å². The molecule has 2 unspecified atom stereocenters. The van der Waals surface area contributed by atoms with Crippen LogP contribution in [0.25, 0.3) is 0 Å². The summed E-state index contributed by atoms with van der Waals surface area (Å²) >= 11 is 0. The van der Waals surface area contributed by atoms with E-state index in [4.69, 9.17) is 4.55 Å². The van der Waals surface area contributed by atoms with Crippen LogP contribution in [-0.2, 0) is 10.4 Å². The van der Waals surface area contributed by atoms with E-state index in [1.165, 1.54) is 17.7 Å². The second-order valence-corrected chi connectivity index (χ2v) is 7.90. The first-order valence-electron chi connectivity index (χ1n) is 9.04. The normalized spacial score (nSPS) is 13.6. The van der Waals surface area contributed by atoms with Crippen LogP contribution in [0.4, 0.5) is 0 Å². The lowest BCUT2D eigenvalue weighted by Gasteiger charge is -2.18. The Morgan fingerprint density at radius 1 is 0.724 bits per heavy atom. The maximum atomic E-state index is 10.8. The highest BCUT2D eigenvalue weighted by molar-refractivity contribution is 7.81. The van der Waals surface area contributed by atoms with E-state index < -0.39 is 27.6 Å². The SMILES string of the molecule is CC(c1ccccc1)c1ccc(C(C)c2ccc(OS(=O)(=O)O)c(O)c2O)cc1. The second-order valence-electron chi connectivity index (χ2n) is 6.88. The molecule has 3 aromatic rings. The zero-order valence-corrected chi connectivity index (χ0v) is 16.8. The molecule has 0 aliphatic carbocycles. The molecule has 152 valence electrons. The van der Waals surface area contributed by atoms with E-state index in [1.54, 1.807) is 0 Å². The summed E-state index contributed by atoms with van der Waals surface area (Å²) in [5.74, 6) is -1.84. The van der Waals surface area contributed by atoms with Crippen molar-refractivity contribution in [2.75, 3.05) is 0 Å². The van der Waals surface area contributed by atoms with Gasteiger partial charge < -0.3 is 14.4 Å². The molecule has 0 aromatic heterocycles. The monoisotopic (exact) mass is 414 g/mol. The van der Waals surface area contributed by atoms with Crippen molar-refractivity contribution in [1.82, 2.24) is 0 Å². The number of aromatic hydroxyl groups is 2. The minimum Gasteiger partial charge on any atom is -0.504 e. The van der Waals surface area contributed by atoms with Gasteiger partial charge in [-0.2, -0.15) is 8.42 Å². The summed E-state index contributed by atoms with van der Waals surface area (Å²) in [5, 5.41) is 20.3. The van der Waals surface area contributed by atoms with Crippen LogP contribution >= 0.6 is 0 Å². The minimum atomic E-state index is -4.81. The molecular weight excluding hydrogens is 392 g/mol. The first-order valence-corrected chi connectivity index (χ1v) is 10.4. The van der Waals surface area contributed by atoms with Crippen LogP contribution in [-0.4, -0.2) is 23.2 Å². The molecule has 0 saturated heterocycles. The van der Waals surface area contributed by atoms with Gasteiger partial charge in [-0.25, -0.2) is 0 Å². The average molecular weight is 414 g/mol. The molecule has 0 fully saturated rings. The number of phenols is 2. The second kappa shape index (κ2) is 8.14. The van der Waals surface area contributed by atoms with Gasteiger partial charge in [0.2, 0.25) is 5.75 Å². The molecule has 0 bridgehead atoms. The number of rotatable bonds is 6. The predicted molar refractivity (Wildman–Crippen MR) is 110 cm³/mol. The Labute approximate surface area is 170 Å². The van der Waals surface area contributed by atoms with Crippen molar-refractivity contribution in [2.45, 2.75) is 25.7 Å². The minimum absolute atomic E-state index is 0.231. The zero-order chi connectivity index (χ0) is 21.2. The maximum Gasteiger partial charge on any atom is 0.446 e. The Balaban J connectivity index is 1.85. The number of benzene rings is 3. The van der Waals surface area contributed by atoms with Crippen LogP contribution in [0, 0.1) is 0 Å². The Morgan fingerprint density at radius 2 is 1.24 bits per heavy atom. The summed E-state index contributed by atoms with van der Waals surface area (Å²) in [5.41, 5.74) is 3.67. The third-order valence-electron chi connectivity index (χ3n) is 5.04. The van der Waals surface area contributed by atoms with Crippen molar-refractivity contribution in [3.8, 4) is 17.2 Å². The number of hydrogen-bond donors (Lipinski definition) is 3. The number of phenolic OH excluding ortho intramolecular Hbond substituents is 2. The van der Waals surface area contributed by atoms with Crippen molar-refractivity contribution in [1.29, 1.82) is 0 Å². The van der Waals surface area contributed by atoms with Crippen molar-refractivity contribution >= 4 is 10.4 Å². The van der Waals surface area contributed by atoms with Crippen molar-refractivity contribution in [3.63, 3.8) is 0 Å². The quantitative estimate of drug-likeness (QED) is 0.403. The molecule has 7 heteroatoms. The molecular formula is C22H22O6S. The summed E-state index contributed by atoms with van der Waals surface area (Å²) < 4.78 is 34.7. The molecule has 0 amide bonds. The highest BCUT2D eigenvalue weighted by Gasteiger charge is 2.21. The summed E-state index contributed by atoms with van der Waals surface area (Å²) in [4.78, 5) is 0. The molecule has 0 aliphatic heterocycles. The van der Waals surface area contributed by atoms with Crippen molar-refractivity contribution in [3.05, 3.63) is 89.0 Å². The van der Waals surface area contributed by atoms with Gasteiger partial charge in [0.25, 0.3) is 0 Å². The fourth-order valence-electron chi connectivity index (χ4n) is 3.29. The predicted octanol–water partition coefficient (Wildman–Crippen LogP) is 4.58. The third-order valence-corrected chi connectivity index (χ3v) is 5.43. The first-order chi connectivity index (χ1) is 13.7. The van der Waals surface area contributed by atoms with E-state index in [0.29, 0.717) is 5.56 Å². The molecule has 0 spiro atoms. The van der Waals surface area contributed by atoms with Crippen LogP contribution in [0.5, 0.6) is 17.2 Å². The van der Waals surface area contributed by atoms with Crippen LogP contribution in [0.3, 0.4) is 0 Å². The van der Waals surface area contributed by atoms with Crippen molar-refractivity contribution in [2.24, 2.45) is 0 Å². The molecule has 2 atom stereocenters. The summed E-state index contributed by atoms with van der Waals surface area (Å²) in [6.07, 6.45) is 0. The van der Waals surface area contributed by atoms with Crippen LogP contribution < -0.4 is 4.18 Å². The molecule has 0 heterocycles. The van der Waals surface area contributed by atoms with Crippen LogP contribution in [0.2, 0.25) is 0 Å². The fourth-order valence-corrected chi connectivity index (χ4v) is 3.66. The summed E-state index contributed by atoms with van der Waals surface area (Å²) in [6.45, 7) is 3.99. The van der Waals surface area contributed by atoms with E-state index in [2.05, 4.69) is 23.2 Å². The molecule has 0 saturated carbocycles. The highest BCUT2D eigenvalue weighted by Crippen LogP contribution is 2.43. The molecule has 0 radical (unpaired) electrons. The van der Waals surface area contributed by atoms with Gasteiger partial charge in [-0.1, -0.05) is 74.5 Å². The van der Waals surface area contributed by atoms with Gasteiger partial charge >= 0.3 is 10.4 Å². The Morgan fingerprint density at radius 3 is 1.79 bits per heavy atom. The van der Waals surface area contributed by atoms with Gasteiger partial charge in [-0.15, -0.1) is 0 Å². The topological polar surface area (TPSA) is 104 Å². The van der Waals surface area contributed by atoms with Gasteiger partial charge in [0, 0.05) is 17.4 Å². The van der Waals surface area contributed by atoms with Crippen molar-refractivity contribution < 1.29 is 27.4 Å². The van der Waals surface area contributed by atoms with Gasteiger partial charge in [0.1, 0.15) is 0 Å². The lowest BCUT2D eigenvalue weighted by Crippen LogP contribution is -2.07. The average Bonchev–Trinajstić information content (AvgIpc) is 2.70. The van der Waals surface area contributed by atoms with E-state index in [-0.39, 0.29) is 11.8 Å². The molecule has 6 nitrogen and oxygen atoms in total. The fraction of sp³-hybridized carbons (Fsp3) is 0.182. The standard InChI is InChI=1S/C22H22O6S/c1-14(16-6-4-3-5-7-16)17-8-10-18(11-9-17)15(2)19-12-13-20(22(24)21(19)23)28-29(25,26)27/h3-15,23-24H,1-2H3,(H,25,26,27). The first kappa shape index (κ1) is 20.7. The van der Waals surface area contributed by atoms with Crippen LogP contribution in [0.1, 0.15) is 47.9 Å². The van der Waals surface area contributed by atoms with Crippen LogP contribution in [0.15, 0.2) is 66.7 Å². The van der Waals surface area contributed by atoms with E-state index in [0.717, 1.165) is 11.1 Å². The molecule has 29 heavy (non-hydrogen) atoms. The van der Waals surface area contributed by atoms with E-state index >= 15 is 0 Å². The molecule has 3 rings (SSSR count). The molecule has 0 aliphatic rings. The third kappa shape index (κ3) is 4.70. The van der Waals surface area contributed by atoms with E-state index in [1.807, 2.05) is 49.4 Å². The Bertz CT molecular complexity index is 1090. The highest BCUT2D eigenvalue weighted by atomic mass is 32.3. The zero-order valence-electron chi connectivity index (χ0n) is 16.0. The van der Waals surface area contributed by atoms with Gasteiger partial charge in [0.05, 0.1) is 0 Å². The Hall–Kier alpha value is -3.03. The number of hydrogen-bond acceptors (Lipinski definition) is 5. The van der Waals surface area contributed by atoms with Gasteiger partial charge in [-0.3, -0.25) is 4.55 Å². The molecule has 3 N–H and O–H groups in total. The lowest BCUT2D eigenvalue weighted by molar-refractivity contribution is 0.355. The van der Waals surface area contributed by atoms with Gasteiger partial charge in [0.15, 0.2) is 11.5 Å². The molecule has 3 aromatic carbocycles. The summed E-state index contributed by atoms with van der Waals surface area (Å²) in [7, 11) is -4.81.